The maximum atomic E-state index is 2.45. The van der Waals surface area contributed by atoms with Crippen molar-refractivity contribution in [2.75, 3.05) is 0 Å². The number of imidazole rings is 1. The Morgan fingerprint density at radius 2 is 1.53 bits per heavy atom. The lowest BCUT2D eigenvalue weighted by Gasteiger charge is -2.18. The average Bonchev–Trinajstić information content (AvgIpc) is 3.06. The number of aromatic nitrogens is 2. The Balaban J connectivity index is 1.96. The number of hydrogen-bond donors (Lipinski definition) is 0. The number of rotatable bonds is 2. The Morgan fingerprint density at radius 3 is 2.31 bits per heavy atom. The fourth-order valence-corrected chi connectivity index (χ4v) is 4.75. The Hall–Kier alpha value is -3.39. The molecule has 0 aliphatic carbocycles. The molecule has 2 nitrogen and oxygen atoms in total. The minimum absolute atomic E-state index is 0.0994. The molecule has 0 N–H and O–H groups in total. The third kappa shape index (κ3) is 3.22. The van der Waals surface area contributed by atoms with Crippen LogP contribution in [0.4, 0.5) is 0 Å². The van der Waals surface area contributed by atoms with Crippen LogP contribution in [0, 0.1) is 13.8 Å². The Kier molecular flexibility index (Phi) is 4.70. The summed E-state index contributed by atoms with van der Waals surface area (Å²) < 4.78 is 4.82. The minimum Gasteiger partial charge on any atom is -0.225 e. The summed E-state index contributed by atoms with van der Waals surface area (Å²) in [6, 6.07) is 29.0. The van der Waals surface area contributed by atoms with E-state index < -0.39 is 0 Å². The molecule has 32 heavy (non-hydrogen) atoms. The second-order valence-corrected chi connectivity index (χ2v) is 9.99. The first-order chi connectivity index (χ1) is 15.3. The summed E-state index contributed by atoms with van der Waals surface area (Å²) in [4.78, 5) is 0. The summed E-state index contributed by atoms with van der Waals surface area (Å²) >= 11 is 0. The van der Waals surface area contributed by atoms with Crippen molar-refractivity contribution in [2.45, 2.75) is 40.0 Å². The quantitative estimate of drug-likeness (QED) is 0.268. The number of aryl methyl sites for hydroxylation is 3. The average molecular weight is 420 g/mol. The first kappa shape index (κ1) is 20.5. The highest BCUT2D eigenvalue weighted by Crippen LogP contribution is 2.34. The van der Waals surface area contributed by atoms with Crippen LogP contribution in [0.3, 0.4) is 0 Å². The van der Waals surface area contributed by atoms with Crippen molar-refractivity contribution in [3.8, 4) is 17.1 Å². The monoisotopic (exact) mass is 419 g/mol. The molecule has 0 atom stereocenters. The Morgan fingerprint density at radius 1 is 0.781 bits per heavy atom. The van der Waals surface area contributed by atoms with Gasteiger partial charge in [-0.15, -0.1) is 0 Å². The number of fused-ring (bicyclic) bond motifs is 2. The topological polar surface area (TPSA) is 8.81 Å². The molecule has 0 aliphatic rings. The standard InChI is InChI=1S/C30H31N2/c1-20-14-15-21(2)25(18-20)29-31(6)28-19-23(30(3,4)5)16-17-27(28)32(29)26-13-9-11-22-10-7-8-12-24(22)26/h7-19H,1-6H3/q+1. The van der Waals surface area contributed by atoms with Crippen LogP contribution in [-0.2, 0) is 12.5 Å². The molecule has 0 saturated carbocycles. The van der Waals surface area contributed by atoms with Gasteiger partial charge < -0.3 is 0 Å². The van der Waals surface area contributed by atoms with E-state index in [0.29, 0.717) is 0 Å². The number of benzene rings is 4. The van der Waals surface area contributed by atoms with E-state index in [0.717, 1.165) is 0 Å². The summed E-state index contributed by atoms with van der Waals surface area (Å²) in [7, 11) is 2.20. The molecule has 0 bridgehead atoms. The third-order valence-corrected chi connectivity index (χ3v) is 6.61. The zero-order chi connectivity index (χ0) is 22.6. The second-order valence-electron chi connectivity index (χ2n) is 9.99. The lowest BCUT2D eigenvalue weighted by Crippen LogP contribution is -2.30. The molecule has 2 heteroatoms. The minimum atomic E-state index is 0.0994. The highest BCUT2D eigenvalue weighted by molar-refractivity contribution is 5.93. The van der Waals surface area contributed by atoms with Crippen molar-refractivity contribution < 1.29 is 4.57 Å². The highest BCUT2D eigenvalue weighted by atomic mass is 15.2. The van der Waals surface area contributed by atoms with E-state index in [1.54, 1.807) is 0 Å². The van der Waals surface area contributed by atoms with Gasteiger partial charge in [-0.3, -0.25) is 0 Å². The summed E-state index contributed by atoms with van der Waals surface area (Å²) in [5.74, 6) is 1.21. The maximum absolute atomic E-state index is 2.45. The first-order valence-corrected chi connectivity index (χ1v) is 11.4. The van der Waals surface area contributed by atoms with Crippen molar-refractivity contribution in [2.24, 2.45) is 7.05 Å². The smallest absolute Gasteiger partial charge is 0.225 e. The van der Waals surface area contributed by atoms with E-state index in [2.05, 4.69) is 130 Å². The van der Waals surface area contributed by atoms with Crippen molar-refractivity contribution in [1.82, 2.24) is 4.57 Å². The van der Waals surface area contributed by atoms with Crippen molar-refractivity contribution in [1.29, 1.82) is 0 Å². The van der Waals surface area contributed by atoms with E-state index in [-0.39, 0.29) is 5.41 Å². The fourth-order valence-electron chi connectivity index (χ4n) is 4.75. The van der Waals surface area contributed by atoms with Gasteiger partial charge in [-0.1, -0.05) is 80.9 Å². The molecular weight excluding hydrogens is 388 g/mol. The van der Waals surface area contributed by atoms with E-state index in [4.69, 9.17) is 0 Å². The molecular formula is C30H31N2+. The van der Waals surface area contributed by atoms with Crippen molar-refractivity contribution in [3.05, 3.63) is 95.6 Å². The van der Waals surface area contributed by atoms with Crippen molar-refractivity contribution >= 4 is 21.8 Å². The normalized spacial score (nSPS) is 12.1. The zero-order valence-electron chi connectivity index (χ0n) is 19.9. The predicted molar refractivity (Wildman–Crippen MR) is 136 cm³/mol. The molecule has 0 spiro atoms. The van der Waals surface area contributed by atoms with Gasteiger partial charge in [0.1, 0.15) is 5.69 Å². The second kappa shape index (κ2) is 7.34. The summed E-state index contributed by atoms with van der Waals surface area (Å²) in [5, 5.41) is 2.52. The first-order valence-electron chi connectivity index (χ1n) is 11.4. The number of nitrogens with zero attached hydrogens (tertiary/aromatic N) is 2. The largest absolute Gasteiger partial charge is 0.295 e. The van der Waals surface area contributed by atoms with Gasteiger partial charge in [0.25, 0.3) is 5.82 Å². The van der Waals surface area contributed by atoms with Gasteiger partial charge in [-0.2, -0.15) is 4.57 Å². The lowest BCUT2D eigenvalue weighted by atomic mass is 9.87. The van der Waals surface area contributed by atoms with Gasteiger partial charge in [-0.05, 0) is 60.0 Å². The van der Waals surface area contributed by atoms with Crippen LogP contribution in [0.5, 0.6) is 0 Å². The van der Waals surface area contributed by atoms with E-state index in [9.17, 15) is 0 Å². The Bertz CT molecular complexity index is 1470. The Labute approximate surface area is 190 Å². The van der Waals surface area contributed by atoms with Crippen LogP contribution in [0.1, 0.15) is 37.5 Å². The molecule has 1 aromatic heterocycles. The molecule has 1 heterocycles. The van der Waals surface area contributed by atoms with Crippen LogP contribution < -0.4 is 4.57 Å². The summed E-state index contributed by atoms with van der Waals surface area (Å²) in [6.07, 6.45) is 0. The molecule has 0 saturated heterocycles. The molecule has 5 rings (SSSR count). The van der Waals surface area contributed by atoms with Crippen LogP contribution in [0.15, 0.2) is 78.9 Å². The molecule has 0 fully saturated rings. The van der Waals surface area contributed by atoms with Crippen LogP contribution in [-0.4, -0.2) is 4.57 Å². The van der Waals surface area contributed by atoms with E-state index in [1.807, 2.05) is 0 Å². The summed E-state index contributed by atoms with van der Waals surface area (Å²) in [6.45, 7) is 11.2. The molecule has 0 unspecified atom stereocenters. The molecule has 0 aliphatic heterocycles. The molecule has 0 radical (unpaired) electrons. The lowest BCUT2D eigenvalue weighted by molar-refractivity contribution is -0.633. The highest BCUT2D eigenvalue weighted by Gasteiger charge is 2.29. The SMILES string of the molecule is Cc1ccc(C)c(-c2n(-c3cccc4ccccc34)c3ccc(C(C)(C)C)cc3[n+]2C)c1. The predicted octanol–water partition coefficient (Wildman–Crippen LogP) is 7.19. The summed E-state index contributed by atoms with van der Waals surface area (Å²) in [5.41, 5.74) is 8.98. The molecule has 5 aromatic rings. The molecule has 4 aromatic carbocycles. The van der Waals surface area contributed by atoms with E-state index in [1.165, 1.54) is 55.6 Å². The van der Waals surface area contributed by atoms with Gasteiger partial charge >= 0.3 is 0 Å². The number of hydrogen-bond acceptors (Lipinski definition) is 0. The van der Waals surface area contributed by atoms with Gasteiger partial charge in [0.05, 0.1) is 12.6 Å². The van der Waals surface area contributed by atoms with Crippen LogP contribution >= 0.6 is 0 Å². The van der Waals surface area contributed by atoms with Gasteiger partial charge in [0.15, 0.2) is 11.0 Å². The van der Waals surface area contributed by atoms with Gasteiger partial charge in [0.2, 0.25) is 0 Å². The third-order valence-electron chi connectivity index (χ3n) is 6.61. The van der Waals surface area contributed by atoms with Crippen LogP contribution in [0.25, 0.3) is 38.9 Å². The molecule has 160 valence electrons. The van der Waals surface area contributed by atoms with Gasteiger partial charge in [-0.25, -0.2) is 4.57 Å². The van der Waals surface area contributed by atoms with Crippen LogP contribution in [0.2, 0.25) is 0 Å². The van der Waals surface area contributed by atoms with E-state index >= 15 is 0 Å². The maximum Gasteiger partial charge on any atom is 0.295 e. The molecule has 0 amide bonds. The van der Waals surface area contributed by atoms with Gasteiger partial charge in [0, 0.05) is 5.39 Å². The fraction of sp³-hybridized carbons (Fsp3) is 0.233. The van der Waals surface area contributed by atoms with Crippen molar-refractivity contribution in [3.63, 3.8) is 0 Å². The zero-order valence-corrected chi connectivity index (χ0v) is 19.9.